The van der Waals surface area contributed by atoms with Crippen LogP contribution in [0.5, 0.6) is 0 Å². The summed E-state index contributed by atoms with van der Waals surface area (Å²) in [6, 6.07) is 0. The fraction of sp³-hybridized carbons (Fsp3) is 1.00. The molecule has 1 aliphatic rings. The van der Waals surface area contributed by atoms with E-state index in [4.69, 9.17) is 9.47 Å². The molecule has 1 heterocycles. The number of ether oxygens (including phenoxy) is 2. The average Bonchev–Trinajstić information content (AvgIpc) is 2.04. The fourth-order valence-corrected chi connectivity index (χ4v) is 1.69. The van der Waals surface area contributed by atoms with Crippen LogP contribution in [-0.2, 0) is 9.47 Å². The van der Waals surface area contributed by atoms with Crippen LogP contribution in [0.15, 0.2) is 0 Å². The molecule has 1 unspecified atom stereocenters. The number of hydrogen-bond acceptors (Lipinski definition) is 4. The van der Waals surface area contributed by atoms with Crippen molar-refractivity contribution in [3.63, 3.8) is 0 Å². The zero-order chi connectivity index (χ0) is 9.73. The van der Waals surface area contributed by atoms with Crippen molar-refractivity contribution in [1.82, 2.24) is 0 Å². The van der Waals surface area contributed by atoms with E-state index in [0.717, 1.165) is 19.3 Å². The summed E-state index contributed by atoms with van der Waals surface area (Å²) in [5.41, 5.74) is -0.670. The molecule has 0 aromatic carbocycles. The third-order valence-corrected chi connectivity index (χ3v) is 2.26. The third-order valence-electron chi connectivity index (χ3n) is 2.26. The molecule has 0 bridgehead atoms. The molecule has 0 aromatic heterocycles. The molecule has 1 atom stereocenters. The molecule has 1 saturated heterocycles. The summed E-state index contributed by atoms with van der Waals surface area (Å²) in [6.45, 7) is 0.770. The van der Waals surface area contributed by atoms with Crippen LogP contribution in [-0.4, -0.2) is 37.4 Å². The van der Waals surface area contributed by atoms with Crippen molar-refractivity contribution in [3.05, 3.63) is 10.1 Å². The summed E-state index contributed by atoms with van der Waals surface area (Å²) in [5.74, 6) is 0. The summed E-state index contributed by atoms with van der Waals surface area (Å²) >= 11 is 0. The van der Waals surface area contributed by atoms with E-state index in [-0.39, 0.29) is 11.5 Å². The topological polar surface area (TPSA) is 61.6 Å². The van der Waals surface area contributed by atoms with Gasteiger partial charge in [0.2, 0.25) is 6.54 Å². The molecule has 0 saturated carbocycles. The minimum Gasteiger partial charge on any atom is -0.381 e. The second kappa shape index (κ2) is 4.53. The number of hydrogen-bond donors (Lipinski definition) is 0. The van der Waals surface area contributed by atoms with Gasteiger partial charge in [-0.05, 0) is 19.3 Å². The first kappa shape index (κ1) is 10.4. The second-order valence-corrected chi connectivity index (χ2v) is 3.41. The lowest BCUT2D eigenvalue weighted by atomic mass is 9.95. The van der Waals surface area contributed by atoms with Gasteiger partial charge in [0, 0.05) is 18.6 Å². The highest BCUT2D eigenvalue weighted by atomic mass is 16.6. The molecule has 0 aliphatic carbocycles. The lowest BCUT2D eigenvalue weighted by molar-refractivity contribution is -0.505. The summed E-state index contributed by atoms with van der Waals surface area (Å²) in [7, 11) is 1.54. The summed E-state index contributed by atoms with van der Waals surface area (Å²) < 4.78 is 10.4. The molecule has 13 heavy (non-hydrogen) atoms. The molecule has 0 aromatic rings. The van der Waals surface area contributed by atoms with Gasteiger partial charge in [0.15, 0.2) is 5.60 Å². The van der Waals surface area contributed by atoms with Crippen molar-refractivity contribution in [2.75, 3.05) is 26.9 Å². The molecule has 0 radical (unpaired) electrons. The van der Waals surface area contributed by atoms with E-state index in [1.807, 2.05) is 0 Å². The van der Waals surface area contributed by atoms with Crippen molar-refractivity contribution >= 4 is 0 Å². The van der Waals surface area contributed by atoms with E-state index in [1.54, 1.807) is 7.11 Å². The first-order chi connectivity index (χ1) is 6.18. The van der Waals surface area contributed by atoms with E-state index in [1.165, 1.54) is 0 Å². The van der Waals surface area contributed by atoms with Gasteiger partial charge in [-0.15, -0.1) is 0 Å². The molecule has 5 nitrogen and oxygen atoms in total. The average molecular weight is 189 g/mol. The standard InChI is InChI=1S/C8H15NO4/c1-12-7-8(6-9(10)11)4-2-3-5-13-8/h2-7H2,1H3. The monoisotopic (exact) mass is 189 g/mol. The van der Waals surface area contributed by atoms with Crippen molar-refractivity contribution in [3.8, 4) is 0 Å². The number of nitro groups is 1. The van der Waals surface area contributed by atoms with Gasteiger partial charge >= 0.3 is 0 Å². The van der Waals surface area contributed by atoms with Gasteiger partial charge in [0.25, 0.3) is 0 Å². The van der Waals surface area contributed by atoms with E-state index in [9.17, 15) is 10.1 Å². The van der Waals surface area contributed by atoms with Gasteiger partial charge in [-0.3, -0.25) is 10.1 Å². The van der Waals surface area contributed by atoms with Gasteiger partial charge in [-0.25, -0.2) is 0 Å². The highest BCUT2D eigenvalue weighted by molar-refractivity contribution is 4.82. The van der Waals surface area contributed by atoms with Gasteiger partial charge in [0.1, 0.15) is 0 Å². The molecular weight excluding hydrogens is 174 g/mol. The Hall–Kier alpha value is -0.680. The molecule has 5 heteroatoms. The van der Waals surface area contributed by atoms with Crippen molar-refractivity contribution in [2.24, 2.45) is 0 Å². The van der Waals surface area contributed by atoms with E-state index in [2.05, 4.69) is 0 Å². The Morgan fingerprint density at radius 3 is 2.85 bits per heavy atom. The zero-order valence-corrected chi connectivity index (χ0v) is 7.82. The third kappa shape index (κ3) is 2.93. The lowest BCUT2D eigenvalue weighted by Gasteiger charge is -2.32. The molecular formula is C8H15NO4. The highest BCUT2D eigenvalue weighted by Gasteiger charge is 2.38. The van der Waals surface area contributed by atoms with Crippen molar-refractivity contribution < 1.29 is 14.4 Å². The van der Waals surface area contributed by atoms with Gasteiger partial charge in [-0.1, -0.05) is 0 Å². The molecule has 76 valence electrons. The van der Waals surface area contributed by atoms with Crippen LogP contribution >= 0.6 is 0 Å². The maximum atomic E-state index is 10.4. The van der Waals surface area contributed by atoms with Gasteiger partial charge in [-0.2, -0.15) is 0 Å². The van der Waals surface area contributed by atoms with Gasteiger partial charge in [0.05, 0.1) is 6.61 Å². The Bertz CT molecular complexity index is 171. The van der Waals surface area contributed by atoms with E-state index in [0.29, 0.717) is 13.2 Å². The van der Waals surface area contributed by atoms with Crippen LogP contribution in [0, 0.1) is 10.1 Å². The summed E-state index contributed by atoms with van der Waals surface area (Å²) in [6.07, 6.45) is 2.70. The SMILES string of the molecule is COCC1(C[N+](=O)[O-])CCCCO1. The highest BCUT2D eigenvalue weighted by Crippen LogP contribution is 2.25. The lowest BCUT2D eigenvalue weighted by Crippen LogP contribution is -2.46. The summed E-state index contributed by atoms with van der Waals surface area (Å²) in [4.78, 5) is 10.1. The molecule has 0 amide bonds. The Kier molecular flexibility index (Phi) is 3.62. The smallest absolute Gasteiger partial charge is 0.234 e. The normalized spacial score (nSPS) is 28.7. The number of rotatable bonds is 4. The maximum Gasteiger partial charge on any atom is 0.234 e. The molecule has 0 N–H and O–H groups in total. The van der Waals surface area contributed by atoms with Gasteiger partial charge < -0.3 is 9.47 Å². The minimum absolute atomic E-state index is 0.152. The predicted molar refractivity (Wildman–Crippen MR) is 46.3 cm³/mol. The predicted octanol–water partition coefficient (Wildman–Crippen LogP) is 0.849. The number of nitrogens with zero attached hydrogens (tertiary/aromatic N) is 1. The van der Waals surface area contributed by atoms with E-state index < -0.39 is 5.60 Å². The molecule has 1 aliphatic heterocycles. The van der Waals surface area contributed by atoms with Crippen LogP contribution in [0.2, 0.25) is 0 Å². The first-order valence-electron chi connectivity index (χ1n) is 4.43. The van der Waals surface area contributed by atoms with Crippen LogP contribution in [0.4, 0.5) is 0 Å². The summed E-state index contributed by atoms with van der Waals surface area (Å²) in [5, 5.41) is 10.4. The quantitative estimate of drug-likeness (QED) is 0.486. The van der Waals surface area contributed by atoms with Crippen molar-refractivity contribution in [1.29, 1.82) is 0 Å². The molecule has 0 spiro atoms. The molecule has 1 rings (SSSR count). The molecule has 1 fully saturated rings. The fourth-order valence-electron chi connectivity index (χ4n) is 1.69. The van der Waals surface area contributed by atoms with Crippen LogP contribution < -0.4 is 0 Å². The van der Waals surface area contributed by atoms with Crippen molar-refractivity contribution in [2.45, 2.75) is 24.9 Å². The Balaban J connectivity index is 2.55. The number of methoxy groups -OCH3 is 1. The van der Waals surface area contributed by atoms with E-state index >= 15 is 0 Å². The minimum atomic E-state index is -0.670. The van der Waals surface area contributed by atoms with Crippen LogP contribution in [0.25, 0.3) is 0 Å². The Labute approximate surface area is 77.2 Å². The van der Waals surface area contributed by atoms with Crippen LogP contribution in [0.1, 0.15) is 19.3 Å². The first-order valence-corrected chi connectivity index (χ1v) is 4.43. The Morgan fingerprint density at radius 1 is 1.62 bits per heavy atom. The van der Waals surface area contributed by atoms with Crippen LogP contribution in [0.3, 0.4) is 0 Å². The zero-order valence-electron chi connectivity index (χ0n) is 7.82. The maximum absolute atomic E-state index is 10.4. The second-order valence-electron chi connectivity index (χ2n) is 3.41. The Morgan fingerprint density at radius 2 is 2.38 bits per heavy atom. The largest absolute Gasteiger partial charge is 0.381 e.